The number of amides is 2. The number of ether oxygens (including phenoxy) is 1. The molecule has 2 aromatic heterocycles. The molecule has 31 heavy (non-hydrogen) atoms. The summed E-state index contributed by atoms with van der Waals surface area (Å²) in [7, 11) is 0. The number of fused-ring (bicyclic) bond motifs is 3. The van der Waals surface area contributed by atoms with E-state index in [0.717, 1.165) is 22.9 Å². The highest BCUT2D eigenvalue weighted by atomic mass is 16.5. The molecule has 7 heteroatoms. The van der Waals surface area contributed by atoms with Crippen LogP contribution >= 0.6 is 0 Å². The van der Waals surface area contributed by atoms with Crippen molar-refractivity contribution >= 4 is 33.8 Å². The monoisotopic (exact) mass is 414 g/mol. The Morgan fingerprint density at radius 3 is 2.55 bits per heavy atom. The van der Waals surface area contributed by atoms with Crippen molar-refractivity contribution in [1.82, 2.24) is 14.9 Å². The number of carbonyl (C=O) groups is 2. The minimum Gasteiger partial charge on any atom is -0.380 e. The molecule has 2 aromatic carbocycles. The molecule has 0 aliphatic carbocycles. The number of hydrogen-bond acceptors (Lipinski definition) is 4. The molecule has 1 aliphatic rings. The SMILES string of the molecule is NC(=O)c1c(C(=O)N2CCCOCC2)c(-c2ccccc2)nc2c1[nH]c1ccccc12. The zero-order valence-corrected chi connectivity index (χ0v) is 16.9. The molecule has 0 saturated carbocycles. The Balaban J connectivity index is 1.84. The maximum atomic E-state index is 13.7. The molecule has 1 saturated heterocycles. The zero-order valence-electron chi connectivity index (χ0n) is 16.9. The van der Waals surface area contributed by atoms with Gasteiger partial charge in [-0.2, -0.15) is 0 Å². The van der Waals surface area contributed by atoms with Gasteiger partial charge in [-0.25, -0.2) is 4.98 Å². The number of primary amides is 1. The number of aromatic amines is 1. The normalized spacial score (nSPS) is 14.6. The van der Waals surface area contributed by atoms with Crippen molar-refractivity contribution in [3.05, 3.63) is 65.7 Å². The highest BCUT2D eigenvalue weighted by Gasteiger charge is 2.30. The van der Waals surface area contributed by atoms with Gasteiger partial charge >= 0.3 is 0 Å². The summed E-state index contributed by atoms with van der Waals surface area (Å²) in [6.07, 6.45) is 0.736. The Morgan fingerprint density at radius 1 is 0.968 bits per heavy atom. The molecule has 1 fully saturated rings. The Labute approximate surface area is 178 Å². The predicted octanol–water partition coefficient (Wildman–Crippen LogP) is 3.34. The van der Waals surface area contributed by atoms with E-state index in [1.165, 1.54) is 0 Å². The Kier molecular flexibility index (Phi) is 4.88. The zero-order chi connectivity index (χ0) is 21.4. The summed E-state index contributed by atoms with van der Waals surface area (Å²) in [5.41, 5.74) is 9.44. The van der Waals surface area contributed by atoms with Crippen molar-refractivity contribution < 1.29 is 14.3 Å². The van der Waals surface area contributed by atoms with Crippen LogP contribution in [0.2, 0.25) is 0 Å². The van der Waals surface area contributed by atoms with E-state index < -0.39 is 5.91 Å². The van der Waals surface area contributed by atoms with Crippen molar-refractivity contribution in [1.29, 1.82) is 0 Å². The standard InChI is InChI=1S/C24H22N4O3/c25-23(29)18-19(24(30)28-11-6-13-31-14-12-28)20(15-7-2-1-3-8-15)27-21-16-9-4-5-10-17(16)26-22(18)21/h1-5,7-10,26H,6,11-14H2,(H2,25,29). The number of pyridine rings is 1. The molecule has 0 spiro atoms. The van der Waals surface area contributed by atoms with Gasteiger partial charge in [0, 0.05) is 36.2 Å². The second kappa shape index (κ2) is 7.85. The van der Waals surface area contributed by atoms with Gasteiger partial charge in [0.2, 0.25) is 0 Å². The van der Waals surface area contributed by atoms with Crippen molar-refractivity contribution in [2.24, 2.45) is 5.73 Å². The number of rotatable bonds is 3. The summed E-state index contributed by atoms with van der Waals surface area (Å²) < 4.78 is 5.51. The Bertz CT molecular complexity index is 1290. The maximum Gasteiger partial charge on any atom is 0.257 e. The fourth-order valence-corrected chi connectivity index (χ4v) is 4.20. The van der Waals surface area contributed by atoms with E-state index in [-0.39, 0.29) is 17.0 Å². The molecular weight excluding hydrogens is 392 g/mol. The highest BCUT2D eigenvalue weighted by Crippen LogP contribution is 2.34. The molecule has 2 amide bonds. The molecule has 1 aliphatic heterocycles. The van der Waals surface area contributed by atoms with E-state index in [1.807, 2.05) is 54.6 Å². The molecule has 0 unspecified atom stereocenters. The number of benzene rings is 2. The first kappa shape index (κ1) is 19.3. The van der Waals surface area contributed by atoms with Gasteiger partial charge in [-0.15, -0.1) is 0 Å². The lowest BCUT2D eigenvalue weighted by Crippen LogP contribution is -2.35. The van der Waals surface area contributed by atoms with Gasteiger partial charge in [0.25, 0.3) is 11.8 Å². The van der Waals surface area contributed by atoms with Crippen LogP contribution in [0.5, 0.6) is 0 Å². The van der Waals surface area contributed by atoms with Crippen LogP contribution in [0.25, 0.3) is 33.2 Å². The van der Waals surface area contributed by atoms with Crippen LogP contribution in [0.4, 0.5) is 0 Å². The lowest BCUT2D eigenvalue weighted by molar-refractivity contribution is 0.0737. The van der Waals surface area contributed by atoms with Crippen LogP contribution in [0.15, 0.2) is 54.6 Å². The second-order valence-corrected chi connectivity index (χ2v) is 7.59. The number of nitrogens with one attached hydrogen (secondary N) is 1. The van der Waals surface area contributed by atoms with E-state index in [9.17, 15) is 9.59 Å². The minimum atomic E-state index is -0.662. The minimum absolute atomic E-state index is 0.176. The van der Waals surface area contributed by atoms with Crippen LogP contribution in [-0.2, 0) is 4.74 Å². The Morgan fingerprint density at radius 2 is 1.74 bits per heavy atom. The van der Waals surface area contributed by atoms with Crippen molar-refractivity contribution in [2.45, 2.75) is 6.42 Å². The predicted molar refractivity (Wildman–Crippen MR) is 119 cm³/mol. The number of nitrogens with two attached hydrogens (primary N) is 1. The summed E-state index contributed by atoms with van der Waals surface area (Å²) in [5, 5.41) is 0.874. The lowest BCUT2D eigenvalue weighted by atomic mass is 9.97. The fourth-order valence-electron chi connectivity index (χ4n) is 4.20. The number of aromatic nitrogens is 2. The summed E-state index contributed by atoms with van der Waals surface area (Å²) in [6, 6.07) is 17.1. The summed E-state index contributed by atoms with van der Waals surface area (Å²) in [4.78, 5) is 36.3. The third kappa shape index (κ3) is 3.33. The molecule has 5 rings (SSSR count). The molecular formula is C24H22N4O3. The highest BCUT2D eigenvalue weighted by molar-refractivity contribution is 6.20. The molecule has 3 heterocycles. The quantitative estimate of drug-likeness (QED) is 0.537. The summed E-state index contributed by atoms with van der Waals surface area (Å²) in [6.45, 7) is 2.07. The first-order valence-electron chi connectivity index (χ1n) is 10.3. The van der Waals surface area contributed by atoms with Gasteiger partial charge < -0.3 is 20.4 Å². The average molecular weight is 414 g/mol. The summed E-state index contributed by atoms with van der Waals surface area (Å²) in [5.74, 6) is -0.920. The number of para-hydroxylation sites is 1. The van der Waals surface area contributed by atoms with Gasteiger partial charge in [-0.05, 0) is 12.5 Å². The van der Waals surface area contributed by atoms with Gasteiger partial charge in [-0.3, -0.25) is 9.59 Å². The first-order chi connectivity index (χ1) is 15.1. The van der Waals surface area contributed by atoms with E-state index in [1.54, 1.807) is 4.90 Å². The average Bonchev–Trinajstić information content (AvgIpc) is 2.96. The van der Waals surface area contributed by atoms with Gasteiger partial charge in [0.15, 0.2) is 0 Å². The Hall–Kier alpha value is -3.71. The van der Waals surface area contributed by atoms with E-state index in [2.05, 4.69) is 4.98 Å². The fraction of sp³-hybridized carbons (Fsp3) is 0.208. The van der Waals surface area contributed by atoms with Gasteiger partial charge in [-0.1, -0.05) is 48.5 Å². The van der Waals surface area contributed by atoms with Gasteiger partial charge in [0.05, 0.1) is 34.5 Å². The lowest BCUT2D eigenvalue weighted by Gasteiger charge is -2.22. The molecule has 0 atom stereocenters. The van der Waals surface area contributed by atoms with Crippen molar-refractivity contribution in [3.63, 3.8) is 0 Å². The van der Waals surface area contributed by atoms with E-state index in [0.29, 0.717) is 43.0 Å². The van der Waals surface area contributed by atoms with Crippen molar-refractivity contribution in [3.8, 4) is 11.3 Å². The number of nitrogens with zero attached hydrogens (tertiary/aromatic N) is 2. The molecule has 0 radical (unpaired) electrons. The van der Waals surface area contributed by atoms with Crippen molar-refractivity contribution in [2.75, 3.05) is 26.3 Å². The molecule has 4 aromatic rings. The topological polar surface area (TPSA) is 101 Å². The van der Waals surface area contributed by atoms with Crippen LogP contribution in [0.3, 0.4) is 0 Å². The maximum absolute atomic E-state index is 13.7. The van der Waals surface area contributed by atoms with Crippen LogP contribution in [0, 0.1) is 0 Å². The van der Waals surface area contributed by atoms with E-state index in [4.69, 9.17) is 15.5 Å². The third-order valence-electron chi connectivity index (χ3n) is 5.66. The molecule has 7 nitrogen and oxygen atoms in total. The van der Waals surface area contributed by atoms with Crippen LogP contribution in [-0.4, -0.2) is 53.0 Å². The summed E-state index contributed by atoms with van der Waals surface area (Å²) >= 11 is 0. The van der Waals surface area contributed by atoms with Gasteiger partial charge in [0.1, 0.15) is 0 Å². The largest absolute Gasteiger partial charge is 0.380 e. The molecule has 0 bridgehead atoms. The molecule has 3 N–H and O–H groups in total. The smallest absolute Gasteiger partial charge is 0.257 e. The second-order valence-electron chi connectivity index (χ2n) is 7.59. The number of carbonyl (C=O) groups excluding carboxylic acids is 2. The molecule has 156 valence electrons. The van der Waals surface area contributed by atoms with E-state index >= 15 is 0 Å². The first-order valence-corrected chi connectivity index (χ1v) is 10.3. The van der Waals surface area contributed by atoms with Crippen LogP contribution in [0.1, 0.15) is 27.1 Å². The number of H-pyrrole nitrogens is 1. The number of hydrogen-bond donors (Lipinski definition) is 2. The third-order valence-corrected chi connectivity index (χ3v) is 5.66. The van der Waals surface area contributed by atoms with Crippen LogP contribution < -0.4 is 5.73 Å².